The Morgan fingerprint density at radius 1 is 1.19 bits per heavy atom. The van der Waals surface area contributed by atoms with E-state index in [4.69, 9.17) is 11.6 Å². The molecule has 0 spiro atoms. The molecule has 16 heavy (non-hydrogen) atoms. The first-order chi connectivity index (χ1) is 7.38. The summed E-state index contributed by atoms with van der Waals surface area (Å²) in [6, 6.07) is 5.65. The van der Waals surface area contributed by atoms with Crippen LogP contribution < -0.4 is 4.24 Å². The second kappa shape index (κ2) is 3.96. The molecule has 0 bridgehead atoms. The topological polar surface area (TPSA) is 12.9 Å². The molecule has 0 aliphatic rings. The Hall–Kier alpha value is -0.693. The van der Waals surface area contributed by atoms with Crippen molar-refractivity contribution in [1.82, 2.24) is 4.98 Å². The summed E-state index contributed by atoms with van der Waals surface area (Å²) in [5.74, 6) is 0. The van der Waals surface area contributed by atoms with E-state index in [1.807, 2.05) is 0 Å². The van der Waals surface area contributed by atoms with E-state index in [0.717, 1.165) is 6.07 Å². The third kappa shape index (κ3) is 2.19. The summed E-state index contributed by atoms with van der Waals surface area (Å²) < 4.78 is 38.0. The maximum atomic E-state index is 12.5. The molecule has 1 aromatic heterocycles. The summed E-state index contributed by atoms with van der Waals surface area (Å²) in [7, 11) is 0. The van der Waals surface area contributed by atoms with Crippen LogP contribution in [0, 0.1) is 0 Å². The van der Waals surface area contributed by atoms with Crippen molar-refractivity contribution < 1.29 is 13.2 Å². The number of hydrogen-bond acceptors (Lipinski definition) is 1. The Balaban J connectivity index is 2.74. The monoisotopic (exact) mass is 237 g/mol. The molecule has 2 rings (SSSR count). The molecule has 0 N–H and O–H groups in total. The molecule has 0 fully saturated rings. The fourth-order valence-corrected chi connectivity index (χ4v) is 1.68. The molecule has 0 aliphatic carbocycles. The molecular weight excluding hydrogens is 234 g/mol. The number of halogens is 4. The van der Waals surface area contributed by atoms with Gasteiger partial charge in [-0.05, 0) is 0 Å². The van der Waals surface area contributed by atoms with Gasteiger partial charge in [-0.15, -0.1) is 0 Å². The molecule has 0 saturated carbocycles. The van der Waals surface area contributed by atoms with Gasteiger partial charge in [0, 0.05) is 0 Å². The van der Waals surface area contributed by atoms with E-state index in [-0.39, 0.29) is 0 Å². The first-order valence-corrected chi connectivity index (χ1v) is 4.90. The number of pyridine rings is 1. The number of benzene rings is 1. The van der Waals surface area contributed by atoms with Crippen molar-refractivity contribution in [2.45, 2.75) is 6.18 Å². The summed E-state index contributed by atoms with van der Waals surface area (Å²) in [5, 5.41) is 1.12. The summed E-state index contributed by atoms with van der Waals surface area (Å²) in [4.78, 5) is 3.56. The predicted molar refractivity (Wildman–Crippen MR) is 57.1 cm³/mol. The van der Waals surface area contributed by atoms with Gasteiger partial charge >= 0.3 is 104 Å². The normalized spacial score (nSPS) is 12.1. The molecule has 0 radical (unpaired) electrons. The van der Waals surface area contributed by atoms with Crippen molar-refractivity contribution in [1.29, 1.82) is 0 Å². The Bertz CT molecular complexity index is 553. The molecular formula is C10H4ClF3LiN. The summed E-state index contributed by atoms with van der Waals surface area (Å²) in [5.41, 5.74) is -0.573. The van der Waals surface area contributed by atoms with Crippen LogP contribution in [0.3, 0.4) is 0 Å². The zero-order valence-corrected chi connectivity index (χ0v) is 9.02. The van der Waals surface area contributed by atoms with Crippen LogP contribution in [-0.4, -0.2) is 22.7 Å². The van der Waals surface area contributed by atoms with Gasteiger partial charge in [0.05, 0.1) is 0 Å². The molecule has 1 aromatic carbocycles. The van der Waals surface area contributed by atoms with E-state index >= 15 is 0 Å². The molecule has 0 saturated heterocycles. The summed E-state index contributed by atoms with van der Waals surface area (Å²) in [6.07, 6.45) is -4.42. The van der Waals surface area contributed by atoms with Crippen molar-refractivity contribution in [2.75, 3.05) is 0 Å². The maximum absolute atomic E-state index is 12.5. The molecule has 6 heteroatoms. The first-order valence-electron chi connectivity index (χ1n) is 4.52. The van der Waals surface area contributed by atoms with Crippen LogP contribution in [0.4, 0.5) is 13.2 Å². The number of hydrogen-bond donors (Lipinski definition) is 0. The van der Waals surface area contributed by atoms with Gasteiger partial charge in [-0.25, -0.2) is 0 Å². The minimum absolute atomic E-state index is 0.303. The minimum atomic E-state index is -4.42. The van der Waals surface area contributed by atoms with Gasteiger partial charge in [-0.3, -0.25) is 0 Å². The van der Waals surface area contributed by atoms with Gasteiger partial charge in [0.25, 0.3) is 0 Å². The van der Waals surface area contributed by atoms with Gasteiger partial charge in [-0.1, -0.05) is 0 Å². The van der Waals surface area contributed by atoms with Crippen LogP contribution in [0.5, 0.6) is 0 Å². The fourth-order valence-electron chi connectivity index (χ4n) is 1.51. The Kier molecular flexibility index (Phi) is 2.91. The number of alkyl halides is 3. The van der Waals surface area contributed by atoms with Gasteiger partial charge in [0.2, 0.25) is 0 Å². The number of fused-ring (bicyclic) bond motifs is 1. The molecule has 0 aliphatic heterocycles. The van der Waals surface area contributed by atoms with Crippen molar-refractivity contribution in [2.24, 2.45) is 0 Å². The first kappa shape index (κ1) is 11.8. The van der Waals surface area contributed by atoms with Crippen LogP contribution in [0.15, 0.2) is 24.3 Å². The number of nitrogens with zero attached hydrogens (tertiary/aromatic N) is 1. The third-order valence-corrected chi connectivity index (χ3v) is 2.50. The van der Waals surface area contributed by atoms with Gasteiger partial charge in [0.15, 0.2) is 0 Å². The Morgan fingerprint density at radius 2 is 1.88 bits per heavy atom. The van der Waals surface area contributed by atoms with E-state index in [9.17, 15) is 13.2 Å². The predicted octanol–water partition coefficient (Wildman–Crippen LogP) is 2.70. The average Bonchev–Trinajstić information content (AvgIpc) is 2.17. The molecule has 2 aromatic rings. The molecule has 0 atom stereocenters. The molecule has 1 heterocycles. The van der Waals surface area contributed by atoms with Crippen LogP contribution in [-0.2, 0) is 6.18 Å². The van der Waals surface area contributed by atoms with Crippen LogP contribution in [0.1, 0.15) is 5.69 Å². The molecule has 0 unspecified atom stereocenters. The second-order valence-corrected chi connectivity index (χ2v) is 3.92. The van der Waals surface area contributed by atoms with Gasteiger partial charge in [0.1, 0.15) is 0 Å². The molecule has 0 amide bonds. The zero-order valence-electron chi connectivity index (χ0n) is 8.27. The van der Waals surface area contributed by atoms with Crippen molar-refractivity contribution in [3.05, 3.63) is 35.0 Å². The SMILES string of the molecule is [Li][c]1cc(C(F)(F)F)nc2ccc(Cl)cc12. The van der Waals surface area contributed by atoms with Gasteiger partial charge in [-0.2, -0.15) is 0 Å². The third-order valence-electron chi connectivity index (χ3n) is 2.27. The Morgan fingerprint density at radius 3 is 2.50 bits per heavy atom. The van der Waals surface area contributed by atoms with E-state index in [2.05, 4.69) is 4.98 Å². The van der Waals surface area contributed by atoms with Crippen LogP contribution in [0.25, 0.3) is 10.9 Å². The number of rotatable bonds is 0. The van der Waals surface area contributed by atoms with Crippen molar-refractivity contribution in [3.63, 3.8) is 0 Å². The number of aromatic nitrogens is 1. The van der Waals surface area contributed by atoms with E-state index in [1.54, 1.807) is 23.8 Å². The molecule has 78 valence electrons. The average molecular weight is 238 g/mol. The molecule has 1 nitrogen and oxygen atoms in total. The standard InChI is InChI=1S/C10H4ClF3N.Li/c11-7-2-3-8-6(5-7)1-4-9(15-8)10(12,13)14;/h2-5H;. The van der Waals surface area contributed by atoms with Crippen LogP contribution >= 0.6 is 11.6 Å². The van der Waals surface area contributed by atoms with Crippen molar-refractivity contribution >= 4 is 44.5 Å². The quantitative estimate of drug-likeness (QED) is 0.642. The van der Waals surface area contributed by atoms with E-state index in [1.165, 1.54) is 12.1 Å². The fraction of sp³-hybridized carbons (Fsp3) is 0.100. The Labute approximate surface area is 104 Å². The summed E-state index contributed by atoms with van der Waals surface area (Å²) in [6.45, 7) is 0. The summed E-state index contributed by atoms with van der Waals surface area (Å²) >= 11 is 7.38. The second-order valence-electron chi connectivity index (χ2n) is 3.48. The van der Waals surface area contributed by atoms with E-state index in [0.29, 0.717) is 20.2 Å². The van der Waals surface area contributed by atoms with E-state index < -0.39 is 11.9 Å². The van der Waals surface area contributed by atoms with Crippen molar-refractivity contribution in [3.8, 4) is 0 Å². The zero-order chi connectivity index (χ0) is 11.9. The van der Waals surface area contributed by atoms with Crippen LogP contribution in [0.2, 0.25) is 5.02 Å². The van der Waals surface area contributed by atoms with Gasteiger partial charge < -0.3 is 0 Å².